The molecule has 1 aromatic rings. The molecule has 1 aromatic heterocycles. The number of hydrogen-bond donors (Lipinski definition) is 2. The average Bonchev–Trinajstić information content (AvgIpc) is 2.36. The Hall–Kier alpha value is -1.17. The van der Waals surface area contributed by atoms with Gasteiger partial charge in [0.05, 0.1) is 11.4 Å². The van der Waals surface area contributed by atoms with E-state index >= 15 is 0 Å². The number of likely N-dealkylation sites (N-methyl/N-ethyl adjacent to an activating group) is 1. The lowest BCUT2D eigenvalue weighted by Gasteiger charge is -2.42. The summed E-state index contributed by atoms with van der Waals surface area (Å²) in [5.41, 5.74) is 4.64. The number of hydrogen-bond acceptors (Lipinski definition) is 5. The molecule has 1 fully saturated rings. The summed E-state index contributed by atoms with van der Waals surface area (Å²) in [7, 11) is 2.20. The van der Waals surface area contributed by atoms with Crippen LogP contribution >= 0.6 is 0 Å². The maximum atomic E-state index is 5.42. The van der Waals surface area contributed by atoms with Gasteiger partial charge in [0.25, 0.3) is 0 Å². The minimum absolute atomic E-state index is 0.588. The predicted molar refractivity (Wildman–Crippen MR) is 74.0 cm³/mol. The summed E-state index contributed by atoms with van der Waals surface area (Å²) >= 11 is 0. The normalized spacial score (nSPS) is 26.2. The molecule has 1 saturated heterocycles. The number of nitrogens with zero attached hydrogens (tertiary/aromatic N) is 3. The highest BCUT2D eigenvalue weighted by Crippen LogP contribution is 2.16. The maximum absolute atomic E-state index is 5.42. The van der Waals surface area contributed by atoms with Crippen molar-refractivity contribution in [3.8, 4) is 0 Å². The molecule has 2 atom stereocenters. The first-order valence-corrected chi connectivity index (χ1v) is 6.46. The molecule has 0 bridgehead atoms. The molecule has 5 nitrogen and oxygen atoms in total. The minimum atomic E-state index is 0.588. The molecule has 5 heteroatoms. The number of nitrogens with two attached hydrogens (primary N) is 1. The Morgan fingerprint density at radius 1 is 1.39 bits per heavy atom. The van der Waals surface area contributed by atoms with Crippen LogP contribution in [0.25, 0.3) is 0 Å². The van der Waals surface area contributed by atoms with Crippen molar-refractivity contribution in [2.45, 2.75) is 32.5 Å². The number of aromatic nitrogens is 1. The van der Waals surface area contributed by atoms with E-state index in [1.807, 2.05) is 12.1 Å². The Labute approximate surface area is 109 Å². The fraction of sp³-hybridized carbons (Fsp3) is 0.615. The molecule has 2 rings (SSSR count). The summed E-state index contributed by atoms with van der Waals surface area (Å²) in [6.07, 6.45) is 1.80. The van der Waals surface area contributed by atoms with E-state index in [4.69, 9.17) is 5.84 Å². The van der Waals surface area contributed by atoms with Crippen molar-refractivity contribution in [1.82, 2.24) is 14.8 Å². The van der Waals surface area contributed by atoms with Gasteiger partial charge in [-0.2, -0.15) is 0 Å². The Balaban J connectivity index is 2.00. The van der Waals surface area contributed by atoms with E-state index in [9.17, 15) is 0 Å². The van der Waals surface area contributed by atoms with Gasteiger partial charge in [0, 0.05) is 37.9 Å². The van der Waals surface area contributed by atoms with E-state index < -0.39 is 0 Å². The van der Waals surface area contributed by atoms with Crippen LogP contribution in [0.2, 0.25) is 0 Å². The van der Waals surface area contributed by atoms with Crippen LogP contribution in [0.15, 0.2) is 18.3 Å². The lowest BCUT2D eigenvalue weighted by Crippen LogP contribution is -2.54. The summed E-state index contributed by atoms with van der Waals surface area (Å²) in [6, 6.07) is 5.06. The molecule has 2 heterocycles. The van der Waals surface area contributed by atoms with E-state index in [1.54, 1.807) is 6.20 Å². The fourth-order valence-corrected chi connectivity index (χ4v) is 2.53. The predicted octanol–water partition coefficient (Wildman–Crippen LogP) is 0.892. The summed E-state index contributed by atoms with van der Waals surface area (Å²) in [4.78, 5) is 9.29. The summed E-state index contributed by atoms with van der Waals surface area (Å²) in [5.74, 6) is 5.42. The van der Waals surface area contributed by atoms with E-state index in [1.165, 1.54) is 0 Å². The van der Waals surface area contributed by atoms with Gasteiger partial charge < -0.3 is 5.43 Å². The van der Waals surface area contributed by atoms with Crippen molar-refractivity contribution in [3.05, 3.63) is 24.0 Å². The van der Waals surface area contributed by atoms with Crippen molar-refractivity contribution in [1.29, 1.82) is 0 Å². The summed E-state index contributed by atoms with van der Waals surface area (Å²) in [6.45, 7) is 7.60. The Morgan fingerprint density at radius 3 is 2.67 bits per heavy atom. The number of pyridine rings is 1. The standard InChI is InChI=1S/C13H23N5/c1-10-7-18(8-11(2)17(10)3)9-13-6-12(16-14)4-5-15-13/h4-6,10-11H,7-9,14H2,1-3H3,(H,15,16). The van der Waals surface area contributed by atoms with Crippen molar-refractivity contribution in [2.75, 3.05) is 25.6 Å². The van der Waals surface area contributed by atoms with Crippen molar-refractivity contribution >= 4 is 5.69 Å². The van der Waals surface area contributed by atoms with Gasteiger partial charge in [0.2, 0.25) is 0 Å². The van der Waals surface area contributed by atoms with Crippen molar-refractivity contribution < 1.29 is 0 Å². The summed E-state index contributed by atoms with van der Waals surface area (Å²) in [5, 5.41) is 0. The van der Waals surface area contributed by atoms with Crippen LogP contribution < -0.4 is 11.3 Å². The molecule has 100 valence electrons. The first-order chi connectivity index (χ1) is 8.60. The molecule has 2 unspecified atom stereocenters. The second kappa shape index (κ2) is 5.65. The zero-order valence-corrected chi connectivity index (χ0v) is 11.4. The lowest BCUT2D eigenvalue weighted by atomic mass is 10.1. The van der Waals surface area contributed by atoms with Crippen molar-refractivity contribution in [2.24, 2.45) is 5.84 Å². The van der Waals surface area contributed by atoms with E-state index in [-0.39, 0.29) is 0 Å². The molecule has 1 aliphatic rings. The number of hydrazine groups is 1. The first kappa shape index (κ1) is 13.3. The van der Waals surface area contributed by atoms with Gasteiger partial charge in [-0.3, -0.25) is 20.6 Å². The Morgan fingerprint density at radius 2 is 2.06 bits per heavy atom. The number of nitrogens with one attached hydrogen (secondary N) is 1. The number of nitrogen functional groups attached to an aromatic ring is 1. The second-order valence-corrected chi connectivity index (χ2v) is 5.24. The van der Waals surface area contributed by atoms with E-state index in [2.05, 4.69) is 41.1 Å². The Bertz CT molecular complexity index is 383. The van der Waals surface area contributed by atoms with Gasteiger partial charge in [-0.25, -0.2) is 0 Å². The number of piperazine rings is 1. The van der Waals surface area contributed by atoms with Crippen LogP contribution in [-0.4, -0.2) is 47.0 Å². The quantitative estimate of drug-likeness (QED) is 0.615. The average molecular weight is 249 g/mol. The van der Waals surface area contributed by atoms with Crippen molar-refractivity contribution in [3.63, 3.8) is 0 Å². The van der Waals surface area contributed by atoms with E-state index in [0.717, 1.165) is 31.0 Å². The van der Waals surface area contributed by atoms with Crippen LogP contribution in [0.4, 0.5) is 5.69 Å². The molecule has 0 saturated carbocycles. The van der Waals surface area contributed by atoms with E-state index in [0.29, 0.717) is 12.1 Å². The molecule has 18 heavy (non-hydrogen) atoms. The highest BCUT2D eigenvalue weighted by Gasteiger charge is 2.26. The van der Waals surface area contributed by atoms with Gasteiger partial charge in [-0.1, -0.05) is 0 Å². The third-order valence-corrected chi connectivity index (χ3v) is 3.80. The smallest absolute Gasteiger partial charge is 0.0564 e. The van der Waals surface area contributed by atoms with Crippen LogP contribution in [0, 0.1) is 0 Å². The van der Waals surface area contributed by atoms with Gasteiger partial charge in [0.1, 0.15) is 0 Å². The van der Waals surface area contributed by atoms with Gasteiger partial charge in [0.15, 0.2) is 0 Å². The molecule has 3 N–H and O–H groups in total. The molecular formula is C13H23N5. The third kappa shape index (κ3) is 2.98. The SMILES string of the molecule is CC1CN(Cc2cc(NN)ccn2)CC(C)N1C. The zero-order chi connectivity index (χ0) is 13.1. The lowest BCUT2D eigenvalue weighted by molar-refractivity contribution is 0.0549. The second-order valence-electron chi connectivity index (χ2n) is 5.24. The van der Waals surface area contributed by atoms with Crippen LogP contribution in [0.5, 0.6) is 0 Å². The maximum Gasteiger partial charge on any atom is 0.0564 e. The fourth-order valence-electron chi connectivity index (χ4n) is 2.53. The molecule has 1 aliphatic heterocycles. The summed E-state index contributed by atoms with van der Waals surface area (Å²) < 4.78 is 0. The zero-order valence-electron chi connectivity index (χ0n) is 11.4. The largest absolute Gasteiger partial charge is 0.324 e. The van der Waals surface area contributed by atoms with Gasteiger partial charge in [-0.15, -0.1) is 0 Å². The molecule has 0 spiro atoms. The third-order valence-electron chi connectivity index (χ3n) is 3.80. The van der Waals surface area contributed by atoms with Gasteiger partial charge >= 0.3 is 0 Å². The first-order valence-electron chi connectivity index (χ1n) is 6.46. The topological polar surface area (TPSA) is 57.4 Å². The van der Waals surface area contributed by atoms with Gasteiger partial charge in [-0.05, 0) is 33.0 Å². The van der Waals surface area contributed by atoms with Crippen LogP contribution in [-0.2, 0) is 6.54 Å². The molecule has 0 amide bonds. The van der Waals surface area contributed by atoms with Crippen LogP contribution in [0.3, 0.4) is 0 Å². The number of rotatable bonds is 3. The number of anilines is 1. The van der Waals surface area contributed by atoms with Crippen LogP contribution in [0.1, 0.15) is 19.5 Å². The molecular weight excluding hydrogens is 226 g/mol. The molecule has 0 radical (unpaired) electrons. The Kier molecular flexibility index (Phi) is 4.16. The minimum Gasteiger partial charge on any atom is -0.324 e. The molecule has 0 aliphatic carbocycles. The highest BCUT2D eigenvalue weighted by molar-refractivity contribution is 5.41. The monoisotopic (exact) mass is 249 g/mol. The highest BCUT2D eigenvalue weighted by atomic mass is 15.3. The molecule has 0 aromatic carbocycles.